The fourth-order valence-electron chi connectivity index (χ4n) is 3.02. The Morgan fingerprint density at radius 3 is 2.35 bits per heavy atom. The summed E-state index contributed by atoms with van der Waals surface area (Å²) in [7, 11) is 0. The predicted molar refractivity (Wildman–Crippen MR) is 103 cm³/mol. The van der Waals surface area contributed by atoms with E-state index in [0.29, 0.717) is 10.7 Å². The van der Waals surface area contributed by atoms with Gasteiger partial charge in [-0.05, 0) is 57.5 Å². The zero-order chi connectivity index (χ0) is 19.0. The van der Waals surface area contributed by atoms with Gasteiger partial charge in [0.15, 0.2) is 10.9 Å². The molecule has 0 spiro atoms. The monoisotopic (exact) mass is 369 g/mol. The molecule has 0 aliphatic rings. The summed E-state index contributed by atoms with van der Waals surface area (Å²) in [6.45, 7) is 7.35. The molecule has 0 saturated heterocycles. The highest BCUT2D eigenvalue weighted by Crippen LogP contribution is 2.35. The van der Waals surface area contributed by atoms with E-state index in [1.54, 1.807) is 31.2 Å². The lowest BCUT2D eigenvalue weighted by Gasteiger charge is -2.02. The van der Waals surface area contributed by atoms with E-state index in [0.717, 1.165) is 33.2 Å². The van der Waals surface area contributed by atoms with E-state index in [-0.39, 0.29) is 11.3 Å². The first-order valence-electron chi connectivity index (χ1n) is 8.06. The first-order chi connectivity index (χ1) is 12.3. The average molecular weight is 369 g/mol. The van der Waals surface area contributed by atoms with Crippen molar-refractivity contribution in [1.82, 2.24) is 9.97 Å². The van der Waals surface area contributed by atoms with Crippen molar-refractivity contribution in [2.45, 2.75) is 27.7 Å². The maximum atomic E-state index is 11.8. The molecule has 3 aromatic rings. The van der Waals surface area contributed by atoms with Gasteiger partial charge in [-0.1, -0.05) is 0 Å². The van der Waals surface area contributed by atoms with Crippen LogP contribution in [0.1, 0.15) is 43.8 Å². The van der Waals surface area contributed by atoms with Crippen molar-refractivity contribution >= 4 is 33.9 Å². The lowest BCUT2D eigenvalue weighted by Crippen LogP contribution is -1.96. The van der Waals surface area contributed by atoms with Crippen LogP contribution < -0.4 is 5.32 Å². The van der Waals surface area contributed by atoms with Gasteiger partial charge in [0, 0.05) is 21.8 Å². The van der Waals surface area contributed by atoms with Crippen LogP contribution in [0.3, 0.4) is 0 Å². The van der Waals surface area contributed by atoms with Crippen LogP contribution in [0.2, 0.25) is 0 Å². The SMILES string of the molecule is CC(=O)c1c(C)[nH]c(-c2nc(Nc3ccc(C(=O)O)cc3)sc2C)c1C. The molecular formula is C19H19N3O3S. The van der Waals surface area contributed by atoms with E-state index >= 15 is 0 Å². The molecule has 2 heterocycles. The number of ketones is 1. The topological polar surface area (TPSA) is 95.1 Å². The van der Waals surface area contributed by atoms with Gasteiger partial charge >= 0.3 is 5.97 Å². The molecule has 134 valence electrons. The molecule has 0 saturated carbocycles. The molecule has 0 unspecified atom stereocenters. The third kappa shape index (κ3) is 3.25. The number of nitrogens with zero attached hydrogens (tertiary/aromatic N) is 1. The number of aromatic carboxylic acids is 1. The van der Waals surface area contributed by atoms with Gasteiger partial charge in [-0.3, -0.25) is 4.79 Å². The number of aromatic nitrogens is 2. The van der Waals surface area contributed by atoms with Crippen molar-refractivity contribution in [3.8, 4) is 11.4 Å². The number of rotatable bonds is 5. The number of hydrogen-bond acceptors (Lipinski definition) is 5. The normalized spacial score (nSPS) is 10.8. The van der Waals surface area contributed by atoms with Crippen LogP contribution in [0.4, 0.5) is 10.8 Å². The smallest absolute Gasteiger partial charge is 0.335 e. The second kappa shape index (κ2) is 6.76. The van der Waals surface area contributed by atoms with Gasteiger partial charge in [0.05, 0.1) is 11.3 Å². The van der Waals surface area contributed by atoms with Crippen molar-refractivity contribution in [1.29, 1.82) is 0 Å². The number of hydrogen-bond donors (Lipinski definition) is 3. The Morgan fingerprint density at radius 2 is 1.81 bits per heavy atom. The molecule has 3 rings (SSSR count). The largest absolute Gasteiger partial charge is 0.478 e. The minimum atomic E-state index is -0.956. The summed E-state index contributed by atoms with van der Waals surface area (Å²) < 4.78 is 0. The third-order valence-electron chi connectivity index (χ3n) is 4.21. The number of carboxylic acids is 1. The molecule has 0 aliphatic carbocycles. The number of anilines is 2. The number of carboxylic acid groups (broad SMARTS) is 1. The molecular weight excluding hydrogens is 350 g/mol. The van der Waals surface area contributed by atoms with Crippen LogP contribution in [0.25, 0.3) is 11.4 Å². The van der Waals surface area contributed by atoms with Crippen LogP contribution in [0, 0.1) is 20.8 Å². The fourth-order valence-corrected chi connectivity index (χ4v) is 3.86. The Kier molecular flexibility index (Phi) is 4.65. The molecule has 7 heteroatoms. The highest BCUT2D eigenvalue weighted by Gasteiger charge is 2.20. The van der Waals surface area contributed by atoms with Crippen LogP contribution in [-0.2, 0) is 0 Å². The molecule has 0 bridgehead atoms. The first kappa shape index (κ1) is 17.9. The number of carbonyl (C=O) groups is 2. The molecule has 3 N–H and O–H groups in total. The maximum Gasteiger partial charge on any atom is 0.335 e. The number of benzene rings is 1. The summed E-state index contributed by atoms with van der Waals surface area (Å²) in [6.07, 6.45) is 0. The summed E-state index contributed by atoms with van der Waals surface area (Å²) in [6, 6.07) is 6.50. The van der Waals surface area contributed by atoms with Gasteiger partial charge in [-0.15, -0.1) is 11.3 Å². The van der Waals surface area contributed by atoms with Crippen molar-refractivity contribution in [3.05, 3.63) is 51.5 Å². The van der Waals surface area contributed by atoms with Crippen molar-refractivity contribution < 1.29 is 14.7 Å². The zero-order valence-corrected chi connectivity index (χ0v) is 15.7. The molecule has 1 aromatic carbocycles. The predicted octanol–water partition coefficient (Wildman–Crippen LogP) is 4.71. The summed E-state index contributed by atoms with van der Waals surface area (Å²) in [5.41, 5.74) is 5.13. The number of H-pyrrole nitrogens is 1. The molecule has 0 radical (unpaired) electrons. The maximum absolute atomic E-state index is 11.8. The standard InChI is InChI=1S/C19H19N3O3S/c1-9-15(11(3)23)10(2)20-16(9)17-12(4)26-19(22-17)21-14-7-5-13(6-8-14)18(24)25/h5-8,20H,1-4H3,(H,21,22)(H,24,25). The summed E-state index contributed by atoms with van der Waals surface area (Å²) in [5.74, 6) is -0.921. The number of Topliss-reactive ketones (excluding diaryl/α,β-unsaturated/α-hetero) is 1. The third-order valence-corrected chi connectivity index (χ3v) is 5.09. The molecule has 26 heavy (non-hydrogen) atoms. The van der Waals surface area contributed by atoms with E-state index < -0.39 is 5.97 Å². The Balaban J connectivity index is 1.91. The minimum absolute atomic E-state index is 0.0345. The van der Waals surface area contributed by atoms with E-state index in [1.165, 1.54) is 11.3 Å². The minimum Gasteiger partial charge on any atom is -0.478 e. The fraction of sp³-hybridized carbons (Fsp3) is 0.211. The van der Waals surface area contributed by atoms with E-state index in [1.807, 2.05) is 20.8 Å². The van der Waals surface area contributed by atoms with Crippen molar-refractivity contribution in [2.75, 3.05) is 5.32 Å². The zero-order valence-electron chi connectivity index (χ0n) is 14.9. The van der Waals surface area contributed by atoms with Gasteiger partial charge < -0.3 is 15.4 Å². The Labute approximate surface area is 154 Å². The molecule has 0 aliphatic heterocycles. The lowest BCUT2D eigenvalue weighted by molar-refractivity contribution is 0.0696. The quantitative estimate of drug-likeness (QED) is 0.566. The van der Waals surface area contributed by atoms with Crippen LogP contribution in [0.5, 0.6) is 0 Å². The van der Waals surface area contributed by atoms with Crippen molar-refractivity contribution in [2.24, 2.45) is 0 Å². The summed E-state index contributed by atoms with van der Waals surface area (Å²) >= 11 is 1.50. The van der Waals surface area contributed by atoms with Gasteiger partial charge in [-0.2, -0.15) is 0 Å². The number of aryl methyl sites for hydroxylation is 2. The number of carbonyl (C=O) groups excluding carboxylic acids is 1. The van der Waals surface area contributed by atoms with Gasteiger partial charge in [0.25, 0.3) is 0 Å². The lowest BCUT2D eigenvalue weighted by atomic mass is 10.1. The second-order valence-electron chi connectivity index (χ2n) is 6.11. The molecule has 2 aromatic heterocycles. The number of thiazole rings is 1. The summed E-state index contributed by atoms with van der Waals surface area (Å²) in [5, 5.41) is 12.9. The van der Waals surface area contributed by atoms with Crippen LogP contribution in [-0.4, -0.2) is 26.8 Å². The number of aromatic amines is 1. The molecule has 0 atom stereocenters. The van der Waals surface area contributed by atoms with E-state index in [4.69, 9.17) is 5.11 Å². The van der Waals surface area contributed by atoms with E-state index in [2.05, 4.69) is 15.3 Å². The van der Waals surface area contributed by atoms with Gasteiger partial charge in [-0.25, -0.2) is 9.78 Å². The molecule has 0 amide bonds. The average Bonchev–Trinajstić information content (AvgIpc) is 3.06. The summed E-state index contributed by atoms with van der Waals surface area (Å²) in [4.78, 5) is 31.7. The van der Waals surface area contributed by atoms with Gasteiger partial charge in [0.2, 0.25) is 0 Å². The van der Waals surface area contributed by atoms with Crippen LogP contribution >= 0.6 is 11.3 Å². The second-order valence-corrected chi connectivity index (χ2v) is 7.32. The van der Waals surface area contributed by atoms with Crippen LogP contribution in [0.15, 0.2) is 24.3 Å². The highest BCUT2D eigenvalue weighted by atomic mass is 32.1. The number of nitrogens with one attached hydrogen (secondary N) is 2. The highest BCUT2D eigenvalue weighted by molar-refractivity contribution is 7.16. The van der Waals surface area contributed by atoms with Crippen molar-refractivity contribution in [3.63, 3.8) is 0 Å². The Morgan fingerprint density at radius 1 is 1.15 bits per heavy atom. The molecule has 0 fully saturated rings. The Hall–Kier alpha value is -2.93. The molecule has 6 nitrogen and oxygen atoms in total. The van der Waals surface area contributed by atoms with E-state index in [9.17, 15) is 9.59 Å². The first-order valence-corrected chi connectivity index (χ1v) is 8.88. The Bertz CT molecular complexity index is 1000. The van der Waals surface area contributed by atoms with Gasteiger partial charge in [0.1, 0.15) is 5.69 Å².